The second kappa shape index (κ2) is 7.45. The lowest BCUT2D eigenvalue weighted by Gasteiger charge is -2.31. The lowest BCUT2D eigenvalue weighted by atomic mass is 9.98. The van der Waals surface area contributed by atoms with Crippen LogP contribution in [0, 0.1) is 5.92 Å². The smallest absolute Gasteiger partial charge is 0.232 e. The summed E-state index contributed by atoms with van der Waals surface area (Å²) in [6.45, 7) is 6.96. The van der Waals surface area contributed by atoms with Gasteiger partial charge in [-0.15, -0.1) is 10.2 Å². The van der Waals surface area contributed by atoms with Gasteiger partial charge in [0.15, 0.2) is 0 Å². The largest absolute Gasteiger partial charge is 0.476 e. The van der Waals surface area contributed by atoms with E-state index in [4.69, 9.17) is 16.3 Å². The molecule has 3 heterocycles. The number of hydrogen-bond acceptors (Lipinski definition) is 6. The number of hydrogen-bond donors (Lipinski definition) is 0. The summed E-state index contributed by atoms with van der Waals surface area (Å²) in [5.74, 6) is 1.50. The summed E-state index contributed by atoms with van der Waals surface area (Å²) in [7, 11) is 0. The topological polar surface area (TPSA) is 51.1 Å². The summed E-state index contributed by atoms with van der Waals surface area (Å²) in [5.41, 5.74) is 0. The molecular formula is C16H21ClN4OS. The second-order valence-electron chi connectivity index (χ2n) is 6.11. The van der Waals surface area contributed by atoms with E-state index in [-0.39, 0.29) is 0 Å². The Morgan fingerprint density at radius 2 is 2.13 bits per heavy atom. The zero-order chi connectivity index (χ0) is 16.2. The van der Waals surface area contributed by atoms with Crippen molar-refractivity contribution in [3.63, 3.8) is 0 Å². The summed E-state index contributed by atoms with van der Waals surface area (Å²) >= 11 is 7.77. The molecule has 0 radical (unpaired) electrons. The number of pyridine rings is 1. The highest BCUT2D eigenvalue weighted by molar-refractivity contribution is 7.15. The Morgan fingerprint density at radius 3 is 2.78 bits per heavy atom. The van der Waals surface area contributed by atoms with E-state index in [1.54, 1.807) is 29.7 Å². The number of rotatable bonds is 5. The number of ether oxygens (including phenoxy) is 1. The van der Waals surface area contributed by atoms with Crippen LogP contribution in [-0.4, -0.2) is 34.9 Å². The highest BCUT2D eigenvalue weighted by Gasteiger charge is 2.23. The van der Waals surface area contributed by atoms with Crippen LogP contribution >= 0.6 is 22.9 Å². The van der Waals surface area contributed by atoms with Crippen molar-refractivity contribution in [2.75, 3.05) is 24.6 Å². The van der Waals surface area contributed by atoms with Crippen molar-refractivity contribution >= 4 is 28.1 Å². The summed E-state index contributed by atoms with van der Waals surface area (Å²) in [4.78, 5) is 6.49. The van der Waals surface area contributed by atoms with Gasteiger partial charge >= 0.3 is 0 Å². The van der Waals surface area contributed by atoms with Crippen LogP contribution in [0.2, 0.25) is 5.02 Å². The van der Waals surface area contributed by atoms with E-state index in [1.165, 1.54) is 0 Å². The van der Waals surface area contributed by atoms with Gasteiger partial charge in [0.1, 0.15) is 10.0 Å². The van der Waals surface area contributed by atoms with Gasteiger partial charge in [-0.3, -0.25) is 0 Å². The second-order valence-corrected chi connectivity index (χ2v) is 7.50. The van der Waals surface area contributed by atoms with E-state index >= 15 is 0 Å². The van der Waals surface area contributed by atoms with Gasteiger partial charge in [-0.1, -0.05) is 36.8 Å². The number of halogens is 1. The highest BCUT2D eigenvalue weighted by Crippen LogP contribution is 2.29. The van der Waals surface area contributed by atoms with Crippen molar-refractivity contribution in [3.8, 4) is 5.88 Å². The van der Waals surface area contributed by atoms with Crippen LogP contribution in [0.1, 0.15) is 37.6 Å². The van der Waals surface area contributed by atoms with Crippen LogP contribution in [-0.2, 0) is 0 Å². The fourth-order valence-electron chi connectivity index (χ4n) is 2.55. The minimum atomic E-state index is 0.440. The van der Waals surface area contributed by atoms with E-state index in [9.17, 15) is 0 Å². The zero-order valence-corrected chi connectivity index (χ0v) is 15.0. The van der Waals surface area contributed by atoms with Crippen molar-refractivity contribution in [1.29, 1.82) is 0 Å². The van der Waals surface area contributed by atoms with Crippen LogP contribution in [0.15, 0.2) is 18.3 Å². The molecule has 0 amide bonds. The van der Waals surface area contributed by atoms with Crippen molar-refractivity contribution in [1.82, 2.24) is 15.2 Å². The Hall–Kier alpha value is -1.40. The van der Waals surface area contributed by atoms with Crippen molar-refractivity contribution in [3.05, 3.63) is 28.4 Å². The van der Waals surface area contributed by atoms with E-state index < -0.39 is 0 Å². The molecule has 7 heteroatoms. The molecule has 2 aromatic heterocycles. The van der Waals surface area contributed by atoms with Crippen molar-refractivity contribution in [2.24, 2.45) is 5.92 Å². The average Bonchev–Trinajstić information content (AvgIpc) is 3.05. The fraction of sp³-hybridized carbons (Fsp3) is 0.562. The molecule has 1 fully saturated rings. The lowest BCUT2D eigenvalue weighted by molar-refractivity contribution is 0.216. The minimum absolute atomic E-state index is 0.440. The Morgan fingerprint density at radius 1 is 1.35 bits per heavy atom. The first-order valence-electron chi connectivity index (χ1n) is 7.95. The van der Waals surface area contributed by atoms with Gasteiger partial charge in [0.2, 0.25) is 11.0 Å². The lowest BCUT2D eigenvalue weighted by Crippen LogP contribution is -2.35. The Kier molecular flexibility index (Phi) is 5.33. The Balaban J connectivity index is 1.49. The predicted molar refractivity (Wildman–Crippen MR) is 93.7 cm³/mol. The molecule has 1 aliphatic rings. The number of piperidine rings is 1. The predicted octanol–water partition coefficient (Wildman–Crippen LogP) is 4.01. The number of aromatic nitrogens is 3. The number of nitrogens with zero attached hydrogens (tertiary/aromatic N) is 4. The molecule has 1 aliphatic heterocycles. The van der Waals surface area contributed by atoms with Gasteiger partial charge in [-0.05, 0) is 30.9 Å². The van der Waals surface area contributed by atoms with Crippen LogP contribution < -0.4 is 9.64 Å². The van der Waals surface area contributed by atoms with Crippen LogP contribution in [0.4, 0.5) is 5.13 Å². The van der Waals surface area contributed by atoms with Gasteiger partial charge in [0, 0.05) is 25.2 Å². The Bertz CT molecular complexity index is 641. The third kappa shape index (κ3) is 4.12. The van der Waals surface area contributed by atoms with Crippen LogP contribution in [0.25, 0.3) is 0 Å². The summed E-state index contributed by atoms with van der Waals surface area (Å²) in [6, 6.07) is 3.61. The quantitative estimate of drug-likeness (QED) is 0.813. The molecule has 0 atom stereocenters. The molecular weight excluding hydrogens is 332 g/mol. The maximum absolute atomic E-state index is 6.06. The molecule has 3 rings (SSSR count). The zero-order valence-electron chi connectivity index (χ0n) is 13.4. The van der Waals surface area contributed by atoms with Crippen molar-refractivity contribution in [2.45, 2.75) is 32.6 Å². The van der Waals surface area contributed by atoms with E-state index in [0.717, 1.165) is 36.1 Å². The third-order valence-electron chi connectivity index (χ3n) is 3.99. The van der Waals surface area contributed by atoms with Crippen LogP contribution in [0.3, 0.4) is 0 Å². The third-order valence-corrected chi connectivity index (χ3v) is 5.56. The first-order valence-corrected chi connectivity index (χ1v) is 9.14. The normalized spacial score (nSPS) is 16.1. The van der Waals surface area contributed by atoms with Gasteiger partial charge in [-0.2, -0.15) is 0 Å². The fourth-order valence-corrected chi connectivity index (χ4v) is 3.63. The first kappa shape index (κ1) is 16.5. The summed E-state index contributed by atoms with van der Waals surface area (Å²) < 4.78 is 5.77. The minimum Gasteiger partial charge on any atom is -0.476 e. The Labute approximate surface area is 145 Å². The molecule has 0 saturated carbocycles. The molecule has 1 saturated heterocycles. The molecule has 0 unspecified atom stereocenters. The summed E-state index contributed by atoms with van der Waals surface area (Å²) in [5, 5.41) is 11.3. The average molecular weight is 353 g/mol. The van der Waals surface area contributed by atoms with Crippen molar-refractivity contribution < 1.29 is 4.74 Å². The summed E-state index contributed by atoms with van der Waals surface area (Å²) in [6.07, 6.45) is 3.87. The first-order chi connectivity index (χ1) is 11.1. The highest BCUT2D eigenvalue weighted by atomic mass is 35.5. The molecule has 0 spiro atoms. The van der Waals surface area contributed by atoms with Gasteiger partial charge in [-0.25, -0.2) is 4.98 Å². The SMILES string of the molecule is CC(C)c1nnc(N2CCC(COc3ncccc3Cl)CC2)s1. The molecule has 0 N–H and O–H groups in total. The standard InChI is InChI=1S/C16H21ClN4OS/c1-11(2)15-19-20-16(23-15)21-8-5-12(6-9-21)10-22-14-13(17)4-3-7-18-14/h3-4,7,11-12H,5-6,8-10H2,1-2H3. The van der Waals surface area contributed by atoms with E-state index in [0.29, 0.717) is 29.3 Å². The van der Waals surface area contributed by atoms with E-state index in [2.05, 4.69) is 33.9 Å². The molecule has 124 valence electrons. The van der Waals surface area contributed by atoms with Gasteiger partial charge in [0.25, 0.3) is 0 Å². The maximum Gasteiger partial charge on any atom is 0.232 e. The molecule has 2 aromatic rings. The van der Waals surface area contributed by atoms with Crippen LogP contribution in [0.5, 0.6) is 5.88 Å². The number of anilines is 1. The maximum atomic E-state index is 6.06. The molecule has 5 nitrogen and oxygen atoms in total. The van der Waals surface area contributed by atoms with Gasteiger partial charge in [0.05, 0.1) is 6.61 Å². The van der Waals surface area contributed by atoms with E-state index in [1.807, 2.05) is 0 Å². The monoisotopic (exact) mass is 352 g/mol. The molecule has 0 aliphatic carbocycles. The van der Waals surface area contributed by atoms with Gasteiger partial charge < -0.3 is 9.64 Å². The molecule has 0 bridgehead atoms. The molecule has 23 heavy (non-hydrogen) atoms. The molecule has 0 aromatic carbocycles.